The zero-order valence-electron chi connectivity index (χ0n) is 8.16. The lowest BCUT2D eigenvalue weighted by atomic mass is 10.1. The Morgan fingerprint density at radius 2 is 2.20 bits per heavy atom. The highest BCUT2D eigenvalue weighted by Gasteiger charge is 2.09. The molecule has 1 aromatic heterocycles. The molecular weight excluding hydrogens is 190 g/mol. The Balaban J connectivity index is 2.81. The first-order valence-electron chi connectivity index (χ1n) is 4.45. The van der Waals surface area contributed by atoms with Gasteiger partial charge in [-0.2, -0.15) is 5.26 Å². The average Bonchev–Trinajstić information content (AvgIpc) is 2.59. The molecule has 0 spiro atoms. The number of nitrogens with zero attached hydrogens (tertiary/aromatic N) is 1. The summed E-state index contributed by atoms with van der Waals surface area (Å²) in [6.45, 7) is 1.89. The maximum absolute atomic E-state index is 11.0. The van der Waals surface area contributed by atoms with Crippen molar-refractivity contribution in [2.45, 2.75) is 6.92 Å². The smallest absolute Gasteiger partial charge is 0.265 e. The number of nitrogens with two attached hydrogens (primary N) is 1. The minimum atomic E-state index is -0.521. The third kappa shape index (κ3) is 1.44. The Morgan fingerprint density at radius 3 is 2.80 bits per heavy atom. The van der Waals surface area contributed by atoms with E-state index in [4.69, 9.17) is 11.0 Å². The molecule has 0 aliphatic carbocycles. The lowest BCUT2D eigenvalue weighted by Crippen LogP contribution is -2.10. The fourth-order valence-corrected chi connectivity index (χ4v) is 1.61. The van der Waals surface area contributed by atoms with Crippen molar-refractivity contribution >= 4 is 16.8 Å². The molecule has 3 N–H and O–H groups in total. The lowest BCUT2D eigenvalue weighted by molar-refractivity contribution is 0.0996. The van der Waals surface area contributed by atoms with Crippen molar-refractivity contribution in [2.75, 3.05) is 0 Å². The molecule has 1 aromatic carbocycles. The van der Waals surface area contributed by atoms with Crippen molar-refractivity contribution in [3.8, 4) is 6.07 Å². The van der Waals surface area contributed by atoms with Gasteiger partial charge in [-0.15, -0.1) is 0 Å². The second kappa shape index (κ2) is 3.14. The summed E-state index contributed by atoms with van der Waals surface area (Å²) < 4.78 is 0. The van der Waals surface area contributed by atoms with E-state index in [1.807, 2.05) is 13.0 Å². The number of aryl methyl sites for hydroxylation is 1. The Bertz CT molecular complexity index is 590. The predicted octanol–water partition coefficient (Wildman–Crippen LogP) is 1.45. The van der Waals surface area contributed by atoms with Gasteiger partial charge in [-0.25, -0.2) is 0 Å². The number of carbonyl (C=O) groups is 1. The number of carbonyl (C=O) groups excluding carboxylic acids is 1. The van der Waals surface area contributed by atoms with Crippen molar-refractivity contribution in [2.24, 2.45) is 5.73 Å². The van der Waals surface area contributed by atoms with Gasteiger partial charge in [-0.05, 0) is 30.7 Å². The van der Waals surface area contributed by atoms with E-state index < -0.39 is 5.91 Å². The van der Waals surface area contributed by atoms with Crippen LogP contribution in [0, 0.1) is 18.3 Å². The molecule has 4 heteroatoms. The Hall–Kier alpha value is -2.28. The monoisotopic (exact) mass is 199 g/mol. The normalized spacial score (nSPS) is 10.1. The number of hydrogen-bond donors (Lipinski definition) is 2. The molecule has 2 rings (SSSR count). The summed E-state index contributed by atoms with van der Waals surface area (Å²) in [5, 5.41) is 9.66. The van der Waals surface area contributed by atoms with Gasteiger partial charge < -0.3 is 10.7 Å². The van der Waals surface area contributed by atoms with Gasteiger partial charge in [0.2, 0.25) is 0 Å². The van der Waals surface area contributed by atoms with Gasteiger partial charge in [0.25, 0.3) is 5.91 Å². The number of nitrogens with one attached hydrogen (secondary N) is 1. The SMILES string of the molecule is Cc1cc(C#N)c2cc(C(N)=O)[nH]c2c1. The zero-order valence-corrected chi connectivity index (χ0v) is 8.16. The number of primary amides is 1. The van der Waals surface area contributed by atoms with Crippen LogP contribution in [0.25, 0.3) is 10.9 Å². The van der Waals surface area contributed by atoms with Gasteiger partial charge in [-0.1, -0.05) is 0 Å². The highest BCUT2D eigenvalue weighted by molar-refractivity contribution is 5.98. The average molecular weight is 199 g/mol. The first-order chi connectivity index (χ1) is 7.11. The first kappa shape index (κ1) is 9.28. The van der Waals surface area contributed by atoms with Crippen molar-refractivity contribution in [1.29, 1.82) is 5.26 Å². The molecule has 1 amide bonds. The minimum absolute atomic E-state index is 0.326. The third-order valence-electron chi connectivity index (χ3n) is 2.27. The Morgan fingerprint density at radius 1 is 1.47 bits per heavy atom. The molecule has 74 valence electrons. The van der Waals surface area contributed by atoms with E-state index >= 15 is 0 Å². The number of nitriles is 1. The van der Waals surface area contributed by atoms with Crippen LogP contribution in [-0.4, -0.2) is 10.9 Å². The molecule has 0 bridgehead atoms. The highest BCUT2D eigenvalue weighted by atomic mass is 16.1. The van der Waals surface area contributed by atoms with Gasteiger partial charge in [0.05, 0.1) is 11.6 Å². The fraction of sp³-hybridized carbons (Fsp3) is 0.0909. The van der Waals surface area contributed by atoms with Crippen LogP contribution in [0.15, 0.2) is 18.2 Å². The van der Waals surface area contributed by atoms with E-state index in [0.29, 0.717) is 11.3 Å². The van der Waals surface area contributed by atoms with Gasteiger partial charge in [0.1, 0.15) is 5.69 Å². The Kier molecular flexibility index (Phi) is 1.94. The second-order valence-corrected chi connectivity index (χ2v) is 3.43. The molecule has 2 aromatic rings. The number of benzene rings is 1. The van der Waals surface area contributed by atoms with E-state index in [0.717, 1.165) is 16.5 Å². The third-order valence-corrected chi connectivity index (χ3v) is 2.27. The maximum Gasteiger partial charge on any atom is 0.265 e. The number of fused-ring (bicyclic) bond motifs is 1. The minimum Gasteiger partial charge on any atom is -0.364 e. The molecule has 4 nitrogen and oxygen atoms in total. The summed E-state index contributed by atoms with van der Waals surface area (Å²) >= 11 is 0. The topological polar surface area (TPSA) is 82.7 Å². The molecule has 0 atom stereocenters. The van der Waals surface area contributed by atoms with Gasteiger partial charge >= 0.3 is 0 Å². The van der Waals surface area contributed by atoms with Crippen LogP contribution in [0.5, 0.6) is 0 Å². The zero-order chi connectivity index (χ0) is 11.0. The summed E-state index contributed by atoms with van der Waals surface area (Å²) in [5.74, 6) is -0.521. The molecule has 0 fully saturated rings. The van der Waals surface area contributed by atoms with Crippen LogP contribution in [0.3, 0.4) is 0 Å². The van der Waals surface area contributed by atoms with E-state index in [1.54, 1.807) is 12.1 Å². The molecular formula is C11H9N3O. The second-order valence-electron chi connectivity index (χ2n) is 3.43. The van der Waals surface area contributed by atoms with Gasteiger partial charge in [-0.3, -0.25) is 4.79 Å². The molecule has 0 unspecified atom stereocenters. The van der Waals surface area contributed by atoms with Crippen LogP contribution in [0.1, 0.15) is 21.6 Å². The fourth-order valence-electron chi connectivity index (χ4n) is 1.61. The number of hydrogen-bond acceptors (Lipinski definition) is 2. The van der Waals surface area contributed by atoms with Crippen LogP contribution < -0.4 is 5.73 Å². The standard InChI is InChI=1S/C11H9N3O/c1-6-2-7(5-12)8-4-10(11(13)15)14-9(8)3-6/h2-4,14H,1H3,(H2,13,15). The Labute approximate surface area is 86.3 Å². The van der Waals surface area contributed by atoms with E-state index in [9.17, 15) is 4.79 Å². The van der Waals surface area contributed by atoms with E-state index in [1.165, 1.54) is 0 Å². The summed E-state index contributed by atoms with van der Waals surface area (Å²) in [6.07, 6.45) is 0. The molecule has 0 saturated carbocycles. The van der Waals surface area contributed by atoms with Crippen molar-refractivity contribution < 1.29 is 4.79 Å². The summed E-state index contributed by atoms with van der Waals surface area (Å²) in [4.78, 5) is 13.8. The molecule has 0 saturated heterocycles. The van der Waals surface area contributed by atoms with Crippen molar-refractivity contribution in [3.05, 3.63) is 35.0 Å². The number of rotatable bonds is 1. The molecule has 0 radical (unpaired) electrons. The molecule has 1 heterocycles. The van der Waals surface area contributed by atoms with Gasteiger partial charge in [0.15, 0.2) is 0 Å². The molecule has 0 aliphatic rings. The predicted molar refractivity (Wildman–Crippen MR) is 56.3 cm³/mol. The van der Waals surface area contributed by atoms with Crippen LogP contribution in [-0.2, 0) is 0 Å². The first-order valence-corrected chi connectivity index (χ1v) is 4.45. The van der Waals surface area contributed by atoms with Crippen LogP contribution >= 0.6 is 0 Å². The van der Waals surface area contributed by atoms with Crippen molar-refractivity contribution in [1.82, 2.24) is 4.98 Å². The lowest BCUT2D eigenvalue weighted by Gasteiger charge is -1.95. The molecule has 0 aliphatic heterocycles. The van der Waals surface area contributed by atoms with E-state index in [2.05, 4.69) is 11.1 Å². The largest absolute Gasteiger partial charge is 0.364 e. The highest BCUT2D eigenvalue weighted by Crippen LogP contribution is 2.21. The number of amides is 1. The summed E-state index contributed by atoms with van der Waals surface area (Å²) in [7, 11) is 0. The van der Waals surface area contributed by atoms with Crippen LogP contribution in [0.2, 0.25) is 0 Å². The summed E-state index contributed by atoms with van der Waals surface area (Å²) in [6, 6.07) is 7.35. The van der Waals surface area contributed by atoms with Crippen LogP contribution in [0.4, 0.5) is 0 Å². The maximum atomic E-state index is 11.0. The van der Waals surface area contributed by atoms with Crippen molar-refractivity contribution in [3.63, 3.8) is 0 Å². The quantitative estimate of drug-likeness (QED) is 0.728. The number of H-pyrrole nitrogens is 1. The molecule has 15 heavy (non-hydrogen) atoms. The number of aromatic nitrogens is 1. The number of aromatic amines is 1. The summed E-state index contributed by atoms with van der Waals surface area (Å²) in [5.41, 5.74) is 7.76. The van der Waals surface area contributed by atoms with E-state index in [-0.39, 0.29) is 0 Å². The van der Waals surface area contributed by atoms with Gasteiger partial charge in [0, 0.05) is 10.9 Å².